The molecule has 1 aliphatic carbocycles. The minimum atomic E-state index is 0.906. The number of rotatable bonds is 3. The highest BCUT2D eigenvalue weighted by molar-refractivity contribution is 5.00. The fourth-order valence-corrected chi connectivity index (χ4v) is 1.97. The Bertz CT molecular complexity index is 126. The van der Waals surface area contributed by atoms with Crippen molar-refractivity contribution in [3.05, 3.63) is 0 Å². The highest BCUT2D eigenvalue weighted by Crippen LogP contribution is 2.43. The molecule has 0 bridgehead atoms. The van der Waals surface area contributed by atoms with Crippen LogP contribution in [0.4, 0.5) is 0 Å². The number of likely N-dealkylation sites (tertiary alicyclic amines) is 1. The summed E-state index contributed by atoms with van der Waals surface area (Å²) in [4.78, 5) is 2.56. The lowest BCUT2D eigenvalue weighted by Gasteiger charge is -2.15. The lowest BCUT2D eigenvalue weighted by Crippen LogP contribution is -2.26. The predicted molar refractivity (Wildman–Crippen MR) is 40.0 cm³/mol. The molecule has 0 unspecified atom stereocenters. The van der Waals surface area contributed by atoms with Crippen LogP contribution in [0.3, 0.4) is 0 Å². The second-order valence-electron chi connectivity index (χ2n) is 3.38. The molecular weight excluding hydrogens is 126 g/mol. The second kappa shape index (κ2) is 2.51. The molecule has 2 nitrogen and oxygen atoms in total. The normalized spacial score (nSPS) is 38.1. The van der Waals surface area contributed by atoms with Gasteiger partial charge >= 0.3 is 0 Å². The van der Waals surface area contributed by atoms with Crippen molar-refractivity contribution in [3.8, 4) is 0 Å². The molecule has 2 atom stereocenters. The summed E-state index contributed by atoms with van der Waals surface area (Å²) in [6, 6.07) is 0.954. The van der Waals surface area contributed by atoms with Crippen LogP contribution in [0.5, 0.6) is 0 Å². The first kappa shape index (κ1) is 6.62. The molecule has 1 saturated carbocycles. The van der Waals surface area contributed by atoms with Gasteiger partial charge in [-0.2, -0.15) is 0 Å². The molecule has 1 aliphatic heterocycles. The van der Waals surface area contributed by atoms with Crippen LogP contribution in [-0.2, 0) is 4.74 Å². The third-order valence-corrected chi connectivity index (χ3v) is 2.72. The van der Waals surface area contributed by atoms with Crippen molar-refractivity contribution < 1.29 is 4.74 Å². The van der Waals surface area contributed by atoms with Crippen LogP contribution in [0.25, 0.3) is 0 Å². The first-order valence-electron chi connectivity index (χ1n) is 4.15. The molecule has 0 spiro atoms. The number of piperidine rings is 1. The SMILES string of the molecule is COCCN1CC[C@@H]2C[C@@H]21. The van der Waals surface area contributed by atoms with E-state index >= 15 is 0 Å². The van der Waals surface area contributed by atoms with Gasteiger partial charge < -0.3 is 4.74 Å². The van der Waals surface area contributed by atoms with Gasteiger partial charge in [0.1, 0.15) is 0 Å². The Morgan fingerprint density at radius 1 is 1.60 bits per heavy atom. The summed E-state index contributed by atoms with van der Waals surface area (Å²) in [5.41, 5.74) is 0. The summed E-state index contributed by atoms with van der Waals surface area (Å²) in [5.74, 6) is 1.07. The van der Waals surface area contributed by atoms with Gasteiger partial charge in [0.2, 0.25) is 0 Å². The summed E-state index contributed by atoms with van der Waals surface area (Å²) in [5, 5.41) is 0. The van der Waals surface area contributed by atoms with Crippen molar-refractivity contribution in [1.82, 2.24) is 4.90 Å². The standard InChI is InChI=1S/C8H15NO/c1-10-5-4-9-3-2-7-6-8(7)9/h7-8H,2-6H2,1H3/t7-,8+/m1/s1. The molecule has 0 aromatic carbocycles. The van der Waals surface area contributed by atoms with Gasteiger partial charge in [0, 0.05) is 19.7 Å². The van der Waals surface area contributed by atoms with E-state index in [-0.39, 0.29) is 0 Å². The Hall–Kier alpha value is -0.0800. The third-order valence-electron chi connectivity index (χ3n) is 2.72. The van der Waals surface area contributed by atoms with Crippen molar-refractivity contribution in [2.24, 2.45) is 5.92 Å². The summed E-state index contributed by atoms with van der Waals surface area (Å²) >= 11 is 0. The zero-order valence-corrected chi connectivity index (χ0v) is 6.55. The largest absolute Gasteiger partial charge is 0.383 e. The summed E-state index contributed by atoms with van der Waals surface area (Å²) in [7, 11) is 1.78. The van der Waals surface area contributed by atoms with E-state index in [4.69, 9.17) is 4.74 Å². The van der Waals surface area contributed by atoms with Gasteiger partial charge in [-0.25, -0.2) is 0 Å². The van der Waals surface area contributed by atoms with Crippen LogP contribution in [0.1, 0.15) is 12.8 Å². The van der Waals surface area contributed by atoms with Crippen LogP contribution >= 0.6 is 0 Å². The van der Waals surface area contributed by atoms with Crippen molar-refractivity contribution in [2.45, 2.75) is 18.9 Å². The van der Waals surface area contributed by atoms with Gasteiger partial charge in [-0.3, -0.25) is 4.90 Å². The molecule has 10 heavy (non-hydrogen) atoms. The summed E-state index contributed by atoms with van der Waals surface area (Å²) in [6.07, 6.45) is 2.90. The topological polar surface area (TPSA) is 12.5 Å². The van der Waals surface area contributed by atoms with Gasteiger partial charge in [-0.15, -0.1) is 0 Å². The Morgan fingerprint density at radius 2 is 2.50 bits per heavy atom. The third kappa shape index (κ3) is 1.06. The maximum absolute atomic E-state index is 5.03. The van der Waals surface area contributed by atoms with Gasteiger partial charge in [0.15, 0.2) is 0 Å². The molecule has 0 N–H and O–H groups in total. The van der Waals surface area contributed by atoms with E-state index in [1.165, 1.54) is 19.4 Å². The van der Waals surface area contributed by atoms with E-state index in [9.17, 15) is 0 Å². The Kier molecular flexibility index (Phi) is 1.66. The number of ether oxygens (including phenoxy) is 1. The fraction of sp³-hybridized carbons (Fsp3) is 1.00. The molecule has 0 aromatic rings. The van der Waals surface area contributed by atoms with Crippen molar-refractivity contribution in [2.75, 3.05) is 26.8 Å². The van der Waals surface area contributed by atoms with E-state index in [1.54, 1.807) is 7.11 Å². The van der Waals surface area contributed by atoms with Gasteiger partial charge in [-0.1, -0.05) is 0 Å². The highest BCUT2D eigenvalue weighted by Gasteiger charge is 2.46. The average molecular weight is 141 g/mol. The highest BCUT2D eigenvalue weighted by atomic mass is 16.5. The summed E-state index contributed by atoms with van der Waals surface area (Å²) in [6.45, 7) is 3.37. The van der Waals surface area contributed by atoms with Crippen LogP contribution < -0.4 is 0 Å². The molecule has 2 aliphatic rings. The maximum atomic E-state index is 5.03. The summed E-state index contributed by atoms with van der Waals surface area (Å²) < 4.78 is 5.03. The molecule has 0 radical (unpaired) electrons. The molecule has 0 aromatic heterocycles. The number of nitrogens with zero attached hydrogens (tertiary/aromatic N) is 1. The van der Waals surface area contributed by atoms with Crippen molar-refractivity contribution in [1.29, 1.82) is 0 Å². The quantitative estimate of drug-likeness (QED) is 0.574. The lowest BCUT2D eigenvalue weighted by atomic mass is 10.3. The van der Waals surface area contributed by atoms with Crippen molar-refractivity contribution in [3.63, 3.8) is 0 Å². The monoisotopic (exact) mass is 141 g/mol. The van der Waals surface area contributed by atoms with E-state index < -0.39 is 0 Å². The van der Waals surface area contributed by atoms with Crippen LogP contribution in [-0.4, -0.2) is 37.7 Å². The zero-order chi connectivity index (χ0) is 6.97. The first-order chi connectivity index (χ1) is 4.92. The van der Waals surface area contributed by atoms with Gasteiger partial charge in [0.05, 0.1) is 6.61 Å². The average Bonchev–Trinajstić information content (AvgIpc) is 2.63. The molecule has 1 saturated heterocycles. The van der Waals surface area contributed by atoms with Crippen molar-refractivity contribution >= 4 is 0 Å². The van der Waals surface area contributed by atoms with Gasteiger partial charge in [0.25, 0.3) is 0 Å². The number of hydrogen-bond donors (Lipinski definition) is 0. The lowest BCUT2D eigenvalue weighted by molar-refractivity contribution is 0.152. The van der Waals surface area contributed by atoms with Crippen LogP contribution in [0.2, 0.25) is 0 Å². The fourth-order valence-electron chi connectivity index (χ4n) is 1.97. The molecule has 1 heterocycles. The molecular formula is C8H15NO. The zero-order valence-electron chi connectivity index (χ0n) is 6.55. The Balaban J connectivity index is 1.72. The molecule has 2 fully saturated rings. The minimum Gasteiger partial charge on any atom is -0.383 e. The van der Waals surface area contributed by atoms with Gasteiger partial charge in [-0.05, 0) is 25.3 Å². The predicted octanol–water partition coefficient (Wildman–Crippen LogP) is 0.727. The number of hydrogen-bond acceptors (Lipinski definition) is 2. The van der Waals surface area contributed by atoms with Crippen LogP contribution in [0, 0.1) is 5.92 Å². The molecule has 2 rings (SSSR count). The minimum absolute atomic E-state index is 0.906. The number of fused-ring (bicyclic) bond motifs is 1. The first-order valence-corrected chi connectivity index (χ1v) is 4.15. The van der Waals surface area contributed by atoms with E-state index in [1.807, 2.05) is 0 Å². The van der Waals surface area contributed by atoms with E-state index in [2.05, 4.69) is 4.90 Å². The Labute approximate surface area is 62.2 Å². The second-order valence-corrected chi connectivity index (χ2v) is 3.38. The molecule has 2 heteroatoms. The van der Waals surface area contributed by atoms with E-state index in [0.29, 0.717) is 0 Å². The Morgan fingerprint density at radius 3 is 3.00 bits per heavy atom. The van der Waals surface area contributed by atoms with Crippen LogP contribution in [0.15, 0.2) is 0 Å². The number of methoxy groups -OCH3 is 1. The maximum Gasteiger partial charge on any atom is 0.0589 e. The molecule has 0 amide bonds. The smallest absolute Gasteiger partial charge is 0.0589 e. The van der Waals surface area contributed by atoms with E-state index in [0.717, 1.165) is 25.1 Å². The molecule has 58 valence electrons.